The molecule has 0 atom stereocenters. The molecule has 118 valence electrons. The highest BCUT2D eigenvalue weighted by atomic mass is 16.4. The minimum Gasteiger partial charge on any atom is -0.481 e. The molecule has 0 bridgehead atoms. The van der Waals surface area contributed by atoms with E-state index in [-0.39, 0.29) is 0 Å². The number of aryl methyl sites for hydroxylation is 1. The second kappa shape index (κ2) is 7.52. The number of hydrogen-bond donors (Lipinski definition) is 1. The predicted molar refractivity (Wildman–Crippen MR) is 78.8 cm³/mol. The molecular weight excluding hydrogens is 268 g/mol. The van der Waals surface area contributed by atoms with E-state index in [4.69, 9.17) is 0 Å². The fraction of sp³-hybridized carbons (Fsp3) is 0.867. The fourth-order valence-corrected chi connectivity index (χ4v) is 2.64. The summed E-state index contributed by atoms with van der Waals surface area (Å²) in [5.41, 5.74) is -0.607. The van der Waals surface area contributed by atoms with Gasteiger partial charge in [0.15, 0.2) is 5.82 Å². The lowest BCUT2D eigenvalue weighted by atomic mass is 10.1. The maximum atomic E-state index is 11.2. The van der Waals surface area contributed by atoms with Crippen LogP contribution >= 0.6 is 0 Å². The summed E-state index contributed by atoms with van der Waals surface area (Å²) < 4.78 is 1.69. The highest BCUT2D eigenvalue weighted by Gasteiger charge is 2.51. The molecule has 1 saturated carbocycles. The number of hydrogen-bond acceptors (Lipinski definition) is 4. The van der Waals surface area contributed by atoms with Crippen molar-refractivity contribution in [3.05, 3.63) is 5.82 Å². The first-order valence-corrected chi connectivity index (χ1v) is 8.16. The van der Waals surface area contributed by atoms with Gasteiger partial charge in [0.25, 0.3) is 0 Å². The van der Waals surface area contributed by atoms with Crippen LogP contribution in [0, 0.1) is 5.41 Å². The lowest BCUT2D eigenvalue weighted by molar-refractivity contribution is -0.144. The third-order valence-corrected chi connectivity index (χ3v) is 4.37. The minimum absolute atomic E-state index is 0.418. The van der Waals surface area contributed by atoms with E-state index in [1.807, 2.05) is 0 Å². The van der Waals surface area contributed by atoms with Crippen LogP contribution in [0.2, 0.25) is 0 Å². The van der Waals surface area contributed by atoms with Crippen molar-refractivity contribution in [1.29, 1.82) is 0 Å². The Morgan fingerprint density at radius 3 is 2.48 bits per heavy atom. The highest BCUT2D eigenvalue weighted by Crippen LogP contribution is 2.47. The van der Waals surface area contributed by atoms with Gasteiger partial charge >= 0.3 is 5.97 Å². The largest absolute Gasteiger partial charge is 0.481 e. The molecule has 1 aromatic heterocycles. The van der Waals surface area contributed by atoms with Crippen LogP contribution in [0.3, 0.4) is 0 Å². The van der Waals surface area contributed by atoms with Gasteiger partial charge in [0.1, 0.15) is 0 Å². The van der Waals surface area contributed by atoms with E-state index in [1.165, 1.54) is 38.5 Å². The molecule has 0 spiro atoms. The van der Waals surface area contributed by atoms with E-state index in [0.717, 1.165) is 31.5 Å². The molecule has 0 radical (unpaired) electrons. The molecule has 0 unspecified atom stereocenters. The van der Waals surface area contributed by atoms with E-state index >= 15 is 0 Å². The Bertz CT molecular complexity index is 454. The highest BCUT2D eigenvalue weighted by molar-refractivity contribution is 5.77. The summed E-state index contributed by atoms with van der Waals surface area (Å²) in [6.45, 7) is 2.64. The van der Waals surface area contributed by atoms with Crippen molar-refractivity contribution in [3.8, 4) is 0 Å². The zero-order valence-corrected chi connectivity index (χ0v) is 12.9. The molecule has 2 rings (SSSR count). The molecule has 1 fully saturated rings. The molecule has 1 N–H and O–H groups in total. The second-order valence-electron chi connectivity index (χ2n) is 6.21. The van der Waals surface area contributed by atoms with Crippen LogP contribution in [0.1, 0.15) is 70.5 Å². The summed E-state index contributed by atoms with van der Waals surface area (Å²) in [7, 11) is 0. The summed E-state index contributed by atoms with van der Waals surface area (Å²) in [6, 6.07) is 0. The Labute approximate surface area is 125 Å². The summed E-state index contributed by atoms with van der Waals surface area (Å²) in [5, 5.41) is 20.9. The van der Waals surface area contributed by atoms with Crippen LogP contribution < -0.4 is 0 Å². The molecule has 0 saturated heterocycles. The lowest BCUT2D eigenvalue weighted by Gasteiger charge is -2.10. The molecule has 0 amide bonds. The maximum Gasteiger partial charge on any atom is 0.311 e. The van der Waals surface area contributed by atoms with Gasteiger partial charge in [-0.15, -0.1) is 5.10 Å². The standard InChI is InChI=1S/C15H26N4O2/c1-2-3-4-5-6-7-8-9-13-16-17-18-19(13)12-15(10-11-15)14(20)21/h2-12H2,1H3,(H,20,21). The first-order chi connectivity index (χ1) is 10.2. The number of aliphatic carboxylic acids is 1. The topological polar surface area (TPSA) is 80.9 Å². The third-order valence-electron chi connectivity index (χ3n) is 4.37. The van der Waals surface area contributed by atoms with Gasteiger partial charge in [0.2, 0.25) is 0 Å². The van der Waals surface area contributed by atoms with Crippen molar-refractivity contribution < 1.29 is 9.90 Å². The van der Waals surface area contributed by atoms with Gasteiger partial charge in [-0.1, -0.05) is 45.4 Å². The van der Waals surface area contributed by atoms with Gasteiger partial charge in [0.05, 0.1) is 12.0 Å². The van der Waals surface area contributed by atoms with Gasteiger partial charge in [-0.3, -0.25) is 4.79 Å². The van der Waals surface area contributed by atoms with Crippen LogP contribution in [0.4, 0.5) is 0 Å². The van der Waals surface area contributed by atoms with E-state index in [1.54, 1.807) is 4.68 Å². The van der Waals surface area contributed by atoms with Crippen LogP contribution in [0.5, 0.6) is 0 Å². The van der Waals surface area contributed by atoms with Crippen molar-refractivity contribution >= 4 is 5.97 Å². The Morgan fingerprint density at radius 1 is 1.19 bits per heavy atom. The van der Waals surface area contributed by atoms with Crippen molar-refractivity contribution in [2.45, 2.75) is 77.7 Å². The van der Waals surface area contributed by atoms with Crippen molar-refractivity contribution in [2.24, 2.45) is 5.41 Å². The van der Waals surface area contributed by atoms with Crippen LogP contribution in [0.25, 0.3) is 0 Å². The zero-order valence-electron chi connectivity index (χ0n) is 12.9. The molecular formula is C15H26N4O2. The molecule has 0 aromatic carbocycles. The maximum absolute atomic E-state index is 11.2. The molecule has 21 heavy (non-hydrogen) atoms. The van der Waals surface area contributed by atoms with Crippen molar-refractivity contribution in [2.75, 3.05) is 0 Å². The van der Waals surface area contributed by atoms with E-state index in [9.17, 15) is 9.90 Å². The monoisotopic (exact) mass is 294 g/mol. The van der Waals surface area contributed by atoms with E-state index < -0.39 is 11.4 Å². The fourth-order valence-electron chi connectivity index (χ4n) is 2.64. The average molecular weight is 294 g/mol. The quantitative estimate of drug-likeness (QED) is 0.635. The number of carbonyl (C=O) groups is 1. The predicted octanol–water partition coefficient (Wildman–Crippen LogP) is 2.83. The Kier molecular flexibility index (Phi) is 5.70. The van der Waals surface area contributed by atoms with Crippen LogP contribution in [0.15, 0.2) is 0 Å². The van der Waals surface area contributed by atoms with Crippen LogP contribution in [-0.2, 0) is 17.8 Å². The number of rotatable bonds is 11. The summed E-state index contributed by atoms with van der Waals surface area (Å²) in [6.07, 6.45) is 11.1. The van der Waals surface area contributed by atoms with Gasteiger partial charge in [-0.2, -0.15) is 0 Å². The number of tetrazole rings is 1. The second-order valence-corrected chi connectivity index (χ2v) is 6.21. The van der Waals surface area contributed by atoms with Gasteiger partial charge < -0.3 is 5.11 Å². The smallest absolute Gasteiger partial charge is 0.311 e. The normalized spacial score (nSPS) is 16.0. The third kappa shape index (κ3) is 4.51. The van der Waals surface area contributed by atoms with Gasteiger partial charge in [0, 0.05) is 6.42 Å². The molecule has 1 aliphatic rings. The lowest BCUT2D eigenvalue weighted by Crippen LogP contribution is -2.23. The Morgan fingerprint density at radius 2 is 1.86 bits per heavy atom. The Hall–Kier alpha value is -1.46. The Balaban J connectivity index is 1.70. The SMILES string of the molecule is CCCCCCCCCc1nnnn1CC1(C(=O)O)CC1. The number of unbranched alkanes of at least 4 members (excludes halogenated alkanes) is 6. The summed E-state index contributed by atoms with van der Waals surface area (Å²) in [4.78, 5) is 11.2. The van der Waals surface area contributed by atoms with Gasteiger partial charge in [-0.05, 0) is 29.7 Å². The van der Waals surface area contributed by atoms with Crippen molar-refractivity contribution in [3.63, 3.8) is 0 Å². The zero-order chi connectivity index (χ0) is 15.1. The summed E-state index contributed by atoms with van der Waals surface area (Å²) in [5.74, 6) is 0.107. The van der Waals surface area contributed by atoms with Crippen LogP contribution in [-0.4, -0.2) is 31.3 Å². The molecule has 6 heteroatoms. The summed E-state index contributed by atoms with van der Waals surface area (Å²) >= 11 is 0. The number of carboxylic acids is 1. The first-order valence-electron chi connectivity index (χ1n) is 8.16. The molecule has 6 nitrogen and oxygen atoms in total. The molecule has 1 heterocycles. The molecule has 0 aliphatic heterocycles. The number of aromatic nitrogens is 4. The van der Waals surface area contributed by atoms with Crippen molar-refractivity contribution in [1.82, 2.24) is 20.2 Å². The molecule has 1 aliphatic carbocycles. The first kappa shape index (κ1) is 15.9. The number of carboxylic acid groups (broad SMARTS) is 1. The average Bonchev–Trinajstić information content (AvgIpc) is 3.12. The van der Waals surface area contributed by atoms with Gasteiger partial charge in [-0.25, -0.2) is 4.68 Å². The number of nitrogens with zero attached hydrogens (tertiary/aromatic N) is 4. The minimum atomic E-state index is -0.722. The van der Waals surface area contributed by atoms with E-state index in [0.29, 0.717) is 6.54 Å². The molecule has 1 aromatic rings. The van der Waals surface area contributed by atoms with E-state index in [2.05, 4.69) is 22.4 Å².